The number of aryl methyl sites for hydroxylation is 1. The molecule has 2 rings (SSSR count). The molecule has 0 bridgehead atoms. The summed E-state index contributed by atoms with van der Waals surface area (Å²) in [6.07, 6.45) is 0.573. The Morgan fingerprint density at radius 1 is 1.19 bits per heavy atom. The van der Waals surface area contributed by atoms with Crippen LogP contribution in [-0.2, 0) is 16.1 Å². The molecule has 3 heteroatoms. The fraction of sp³-hybridized carbons (Fsp3) is 0.385. The molecule has 0 radical (unpaired) electrons. The molecule has 1 saturated heterocycles. The van der Waals surface area contributed by atoms with Crippen molar-refractivity contribution in [1.82, 2.24) is 4.90 Å². The molecule has 0 aliphatic carbocycles. The summed E-state index contributed by atoms with van der Waals surface area (Å²) < 4.78 is 0. The first kappa shape index (κ1) is 10.9. The number of Topliss-reactive ketones (excluding diaryl/α,β-unsaturated/α-hetero) is 1. The van der Waals surface area contributed by atoms with Crippen LogP contribution in [0.3, 0.4) is 0 Å². The lowest BCUT2D eigenvalue weighted by atomic mass is 10.1. The molecule has 3 nitrogen and oxygen atoms in total. The van der Waals surface area contributed by atoms with Crippen LogP contribution in [0.15, 0.2) is 24.3 Å². The largest absolute Gasteiger partial charge is 0.338 e. The molecule has 0 unspecified atom stereocenters. The van der Waals surface area contributed by atoms with Gasteiger partial charge in [0.15, 0.2) is 0 Å². The van der Waals surface area contributed by atoms with E-state index in [4.69, 9.17) is 0 Å². The highest BCUT2D eigenvalue weighted by molar-refractivity contribution is 6.00. The number of piperidine rings is 1. The Hall–Kier alpha value is -1.64. The van der Waals surface area contributed by atoms with Gasteiger partial charge in [-0.25, -0.2) is 0 Å². The molecule has 0 atom stereocenters. The summed E-state index contributed by atoms with van der Waals surface area (Å²) in [7, 11) is 0. The van der Waals surface area contributed by atoms with Gasteiger partial charge in [0.05, 0.1) is 6.42 Å². The van der Waals surface area contributed by atoms with Crippen LogP contribution >= 0.6 is 0 Å². The Morgan fingerprint density at radius 3 is 2.50 bits per heavy atom. The maximum Gasteiger partial charge on any atom is 0.230 e. The van der Waals surface area contributed by atoms with Gasteiger partial charge in [-0.2, -0.15) is 0 Å². The van der Waals surface area contributed by atoms with Gasteiger partial charge >= 0.3 is 0 Å². The number of hydrogen-bond acceptors (Lipinski definition) is 2. The summed E-state index contributed by atoms with van der Waals surface area (Å²) in [5, 5.41) is 0. The van der Waals surface area contributed by atoms with Crippen LogP contribution in [0.1, 0.15) is 24.0 Å². The number of rotatable bonds is 2. The highest BCUT2D eigenvalue weighted by Crippen LogP contribution is 2.12. The third-order valence-corrected chi connectivity index (χ3v) is 2.86. The number of hydrogen-bond donors (Lipinski definition) is 0. The minimum absolute atomic E-state index is 0.0446. The Labute approximate surface area is 95.1 Å². The third-order valence-electron chi connectivity index (χ3n) is 2.86. The molecule has 1 aliphatic heterocycles. The van der Waals surface area contributed by atoms with E-state index in [2.05, 4.69) is 0 Å². The van der Waals surface area contributed by atoms with Gasteiger partial charge in [0.1, 0.15) is 5.78 Å². The van der Waals surface area contributed by atoms with Crippen molar-refractivity contribution in [3.8, 4) is 0 Å². The number of nitrogens with zero attached hydrogens (tertiary/aromatic N) is 1. The summed E-state index contributed by atoms with van der Waals surface area (Å²) in [6, 6.07) is 8.13. The number of amides is 1. The minimum Gasteiger partial charge on any atom is -0.338 e. The fourth-order valence-electron chi connectivity index (χ4n) is 1.83. The second-order valence-electron chi connectivity index (χ2n) is 4.27. The highest BCUT2D eigenvalue weighted by Gasteiger charge is 2.23. The van der Waals surface area contributed by atoms with Gasteiger partial charge in [-0.3, -0.25) is 9.59 Å². The Balaban J connectivity index is 2.02. The van der Waals surface area contributed by atoms with Gasteiger partial charge in [-0.1, -0.05) is 29.8 Å². The molecular formula is C13H15NO2. The quantitative estimate of drug-likeness (QED) is 0.707. The highest BCUT2D eigenvalue weighted by atomic mass is 16.2. The summed E-state index contributed by atoms with van der Waals surface area (Å²) >= 11 is 0. The van der Waals surface area contributed by atoms with Crippen molar-refractivity contribution in [2.45, 2.75) is 26.3 Å². The third kappa shape index (κ3) is 2.48. The second kappa shape index (κ2) is 4.47. The maximum atomic E-state index is 11.6. The standard InChI is InChI=1S/C13H15NO2/c1-10-2-4-11(5-3-10)9-14-7-6-12(15)8-13(14)16/h2-5H,6-9H2,1H3. The normalized spacial score (nSPS) is 16.7. The average Bonchev–Trinajstić information content (AvgIpc) is 2.25. The van der Waals surface area contributed by atoms with E-state index in [1.165, 1.54) is 5.56 Å². The molecule has 0 spiro atoms. The molecule has 0 aromatic heterocycles. The Bertz CT molecular complexity index is 408. The summed E-state index contributed by atoms with van der Waals surface area (Å²) in [5.74, 6) is 0.0157. The van der Waals surface area contributed by atoms with E-state index < -0.39 is 0 Å². The first-order valence-corrected chi connectivity index (χ1v) is 5.50. The number of carbonyl (C=O) groups excluding carboxylic acids is 2. The minimum atomic E-state index is -0.0446. The van der Waals surface area contributed by atoms with Crippen LogP contribution < -0.4 is 0 Å². The zero-order chi connectivity index (χ0) is 11.5. The summed E-state index contributed by atoms with van der Waals surface area (Å²) in [6.45, 7) is 3.21. The zero-order valence-electron chi connectivity index (χ0n) is 9.40. The van der Waals surface area contributed by atoms with Crippen molar-refractivity contribution < 1.29 is 9.59 Å². The number of likely N-dealkylation sites (tertiary alicyclic amines) is 1. The van der Waals surface area contributed by atoms with E-state index in [9.17, 15) is 9.59 Å². The van der Waals surface area contributed by atoms with E-state index >= 15 is 0 Å². The lowest BCUT2D eigenvalue weighted by molar-refractivity contribution is -0.139. The smallest absolute Gasteiger partial charge is 0.230 e. The van der Waals surface area contributed by atoms with Crippen LogP contribution in [0.4, 0.5) is 0 Å². The Kier molecular flexibility index (Phi) is 3.04. The number of ketones is 1. The molecule has 84 valence electrons. The van der Waals surface area contributed by atoms with Crippen molar-refractivity contribution in [2.24, 2.45) is 0 Å². The van der Waals surface area contributed by atoms with Crippen molar-refractivity contribution in [2.75, 3.05) is 6.54 Å². The lowest BCUT2D eigenvalue weighted by Crippen LogP contribution is -2.38. The lowest BCUT2D eigenvalue weighted by Gasteiger charge is -2.26. The molecule has 1 aromatic rings. The van der Waals surface area contributed by atoms with Crippen LogP contribution in [-0.4, -0.2) is 23.1 Å². The fourth-order valence-corrected chi connectivity index (χ4v) is 1.83. The first-order valence-electron chi connectivity index (χ1n) is 5.50. The van der Waals surface area contributed by atoms with Crippen molar-refractivity contribution in [3.63, 3.8) is 0 Å². The van der Waals surface area contributed by atoms with Gasteiger partial charge in [0.25, 0.3) is 0 Å². The molecule has 1 aliphatic rings. The molecule has 1 amide bonds. The molecule has 1 fully saturated rings. The molecule has 1 heterocycles. The van der Waals surface area contributed by atoms with Crippen LogP contribution in [0.2, 0.25) is 0 Å². The van der Waals surface area contributed by atoms with E-state index in [0.717, 1.165) is 5.56 Å². The number of benzene rings is 1. The molecule has 16 heavy (non-hydrogen) atoms. The predicted molar refractivity (Wildman–Crippen MR) is 60.8 cm³/mol. The summed E-state index contributed by atoms with van der Waals surface area (Å²) in [5.41, 5.74) is 2.33. The van der Waals surface area contributed by atoms with Gasteiger partial charge in [0, 0.05) is 19.5 Å². The van der Waals surface area contributed by atoms with Crippen molar-refractivity contribution in [3.05, 3.63) is 35.4 Å². The monoisotopic (exact) mass is 217 g/mol. The van der Waals surface area contributed by atoms with Gasteiger partial charge < -0.3 is 4.90 Å². The number of carbonyl (C=O) groups is 2. The van der Waals surface area contributed by atoms with E-state index in [-0.39, 0.29) is 18.1 Å². The topological polar surface area (TPSA) is 37.4 Å². The van der Waals surface area contributed by atoms with Crippen molar-refractivity contribution in [1.29, 1.82) is 0 Å². The van der Waals surface area contributed by atoms with Gasteiger partial charge in [-0.15, -0.1) is 0 Å². The molecule has 0 saturated carbocycles. The van der Waals surface area contributed by atoms with E-state index in [1.54, 1.807) is 4.90 Å². The first-order chi connectivity index (χ1) is 7.65. The van der Waals surface area contributed by atoms with Crippen molar-refractivity contribution >= 4 is 11.7 Å². The summed E-state index contributed by atoms with van der Waals surface area (Å²) in [4.78, 5) is 24.4. The molecule has 1 aromatic carbocycles. The molecule has 0 N–H and O–H groups in total. The second-order valence-corrected chi connectivity index (χ2v) is 4.27. The average molecular weight is 217 g/mol. The van der Waals surface area contributed by atoms with Crippen LogP contribution in [0.25, 0.3) is 0 Å². The predicted octanol–water partition coefficient (Wildman–Crippen LogP) is 1.69. The zero-order valence-corrected chi connectivity index (χ0v) is 9.40. The molecular weight excluding hydrogens is 202 g/mol. The van der Waals surface area contributed by atoms with Gasteiger partial charge in [-0.05, 0) is 12.5 Å². The Morgan fingerprint density at radius 2 is 1.88 bits per heavy atom. The maximum absolute atomic E-state index is 11.6. The van der Waals surface area contributed by atoms with Gasteiger partial charge in [0.2, 0.25) is 5.91 Å². The van der Waals surface area contributed by atoms with Crippen LogP contribution in [0.5, 0.6) is 0 Å². The van der Waals surface area contributed by atoms with Crippen LogP contribution in [0, 0.1) is 6.92 Å². The van der Waals surface area contributed by atoms with E-state index in [0.29, 0.717) is 19.5 Å². The van der Waals surface area contributed by atoms with E-state index in [1.807, 2.05) is 31.2 Å². The SMILES string of the molecule is Cc1ccc(CN2CCC(=O)CC2=O)cc1.